The number of benzene rings is 1. The smallest absolute Gasteiger partial charge is 0.345 e. The van der Waals surface area contributed by atoms with E-state index in [9.17, 15) is 4.79 Å². The van der Waals surface area contributed by atoms with Crippen LogP contribution in [0.15, 0.2) is 24.3 Å². The van der Waals surface area contributed by atoms with Crippen molar-refractivity contribution in [3.05, 3.63) is 44.8 Å². The number of carbonyl (C=O) groups is 1. The first-order valence-electron chi connectivity index (χ1n) is 4.78. The summed E-state index contributed by atoms with van der Waals surface area (Å²) in [5.74, 6) is -0.935. The number of hydrogen-bond donors (Lipinski definition) is 1. The SMILES string of the molecule is Cc1cc(Cl)c(-c2ccc(C(=O)O)s2)cc1Cl. The topological polar surface area (TPSA) is 37.3 Å². The zero-order valence-electron chi connectivity index (χ0n) is 8.83. The maximum atomic E-state index is 10.8. The van der Waals surface area contributed by atoms with Gasteiger partial charge in [0.2, 0.25) is 0 Å². The molecule has 0 bridgehead atoms. The van der Waals surface area contributed by atoms with Crippen molar-refractivity contribution in [2.75, 3.05) is 0 Å². The van der Waals surface area contributed by atoms with Crippen molar-refractivity contribution < 1.29 is 9.90 Å². The van der Waals surface area contributed by atoms with Gasteiger partial charge in [-0.2, -0.15) is 0 Å². The summed E-state index contributed by atoms with van der Waals surface area (Å²) in [6, 6.07) is 6.84. The Morgan fingerprint density at radius 1 is 1.24 bits per heavy atom. The van der Waals surface area contributed by atoms with Crippen LogP contribution >= 0.6 is 34.5 Å². The second-order valence-corrected chi connectivity index (χ2v) is 5.45. The Hall–Kier alpha value is -1.03. The zero-order valence-corrected chi connectivity index (χ0v) is 11.2. The van der Waals surface area contributed by atoms with Crippen molar-refractivity contribution in [1.29, 1.82) is 0 Å². The molecule has 2 rings (SSSR count). The lowest BCUT2D eigenvalue weighted by molar-refractivity contribution is 0.0702. The maximum absolute atomic E-state index is 10.8. The van der Waals surface area contributed by atoms with E-state index in [0.29, 0.717) is 10.0 Å². The number of aryl methyl sites for hydroxylation is 1. The van der Waals surface area contributed by atoms with Crippen molar-refractivity contribution >= 4 is 40.5 Å². The van der Waals surface area contributed by atoms with Crippen LogP contribution in [0, 0.1) is 6.92 Å². The van der Waals surface area contributed by atoms with Crippen LogP contribution in [0.2, 0.25) is 10.0 Å². The Morgan fingerprint density at radius 2 is 1.94 bits per heavy atom. The summed E-state index contributed by atoms with van der Waals surface area (Å²) in [4.78, 5) is 11.9. The summed E-state index contributed by atoms with van der Waals surface area (Å²) in [6.07, 6.45) is 0. The molecule has 0 spiro atoms. The normalized spacial score (nSPS) is 10.5. The molecule has 0 amide bonds. The summed E-state index contributed by atoms with van der Waals surface area (Å²) in [7, 11) is 0. The minimum Gasteiger partial charge on any atom is -0.477 e. The van der Waals surface area contributed by atoms with Crippen molar-refractivity contribution in [3.8, 4) is 10.4 Å². The predicted octanol–water partition coefficient (Wildman–Crippen LogP) is 4.73. The largest absolute Gasteiger partial charge is 0.477 e. The van der Waals surface area contributed by atoms with Crippen LogP contribution in [0.25, 0.3) is 10.4 Å². The van der Waals surface area contributed by atoms with Gasteiger partial charge in [0.25, 0.3) is 0 Å². The summed E-state index contributed by atoms with van der Waals surface area (Å²) in [5.41, 5.74) is 1.66. The van der Waals surface area contributed by atoms with E-state index in [1.807, 2.05) is 6.92 Å². The highest BCUT2D eigenvalue weighted by Gasteiger charge is 2.12. The van der Waals surface area contributed by atoms with E-state index in [-0.39, 0.29) is 4.88 Å². The van der Waals surface area contributed by atoms with E-state index >= 15 is 0 Å². The average Bonchev–Trinajstić information content (AvgIpc) is 2.72. The van der Waals surface area contributed by atoms with Gasteiger partial charge in [-0.25, -0.2) is 4.79 Å². The first-order valence-corrected chi connectivity index (χ1v) is 6.35. The van der Waals surface area contributed by atoms with E-state index in [0.717, 1.165) is 16.0 Å². The van der Waals surface area contributed by atoms with Gasteiger partial charge in [0.05, 0.1) is 0 Å². The first-order chi connectivity index (χ1) is 7.99. The molecule has 0 fully saturated rings. The van der Waals surface area contributed by atoms with Crippen molar-refractivity contribution in [2.24, 2.45) is 0 Å². The summed E-state index contributed by atoms with van der Waals surface area (Å²) in [5, 5.41) is 10.1. The molecule has 2 aromatic rings. The molecule has 1 aromatic heterocycles. The van der Waals surface area contributed by atoms with Gasteiger partial charge in [0.1, 0.15) is 4.88 Å². The molecule has 0 unspecified atom stereocenters. The van der Waals surface area contributed by atoms with Gasteiger partial charge >= 0.3 is 5.97 Å². The Bertz CT molecular complexity index is 590. The fourth-order valence-electron chi connectivity index (χ4n) is 1.43. The molecular weight excluding hydrogens is 279 g/mol. The van der Waals surface area contributed by atoms with E-state index in [4.69, 9.17) is 28.3 Å². The molecule has 0 aliphatic rings. The predicted molar refractivity (Wildman–Crippen MR) is 71.5 cm³/mol. The fourth-order valence-corrected chi connectivity index (χ4v) is 2.85. The van der Waals surface area contributed by atoms with E-state index in [2.05, 4.69) is 0 Å². The molecule has 5 heteroatoms. The van der Waals surface area contributed by atoms with E-state index in [1.54, 1.807) is 24.3 Å². The van der Waals surface area contributed by atoms with Crippen LogP contribution in [0.1, 0.15) is 15.2 Å². The standard InChI is InChI=1S/C12H8Cl2O2S/c1-6-4-9(14)7(5-8(6)13)10-2-3-11(17-10)12(15)16/h2-5H,1H3,(H,15,16). The van der Waals surface area contributed by atoms with E-state index in [1.165, 1.54) is 11.3 Å². The molecule has 1 N–H and O–H groups in total. The van der Waals surface area contributed by atoms with Gasteiger partial charge in [-0.1, -0.05) is 23.2 Å². The lowest BCUT2D eigenvalue weighted by atomic mass is 10.1. The number of rotatable bonds is 2. The lowest BCUT2D eigenvalue weighted by Gasteiger charge is -2.04. The van der Waals surface area contributed by atoms with Crippen LogP contribution in [0.4, 0.5) is 0 Å². The second-order valence-electron chi connectivity index (χ2n) is 3.55. The van der Waals surface area contributed by atoms with Gasteiger partial charge in [-0.05, 0) is 36.8 Å². The molecule has 0 aliphatic carbocycles. The number of thiophene rings is 1. The van der Waals surface area contributed by atoms with Crippen LogP contribution in [0.3, 0.4) is 0 Å². The number of halogens is 2. The lowest BCUT2D eigenvalue weighted by Crippen LogP contribution is -1.89. The summed E-state index contributed by atoms with van der Waals surface area (Å²) < 4.78 is 0. The van der Waals surface area contributed by atoms with Gasteiger partial charge < -0.3 is 5.11 Å². The van der Waals surface area contributed by atoms with Gasteiger partial charge in [0.15, 0.2) is 0 Å². The van der Waals surface area contributed by atoms with Crippen LogP contribution in [-0.4, -0.2) is 11.1 Å². The number of carboxylic acid groups (broad SMARTS) is 1. The maximum Gasteiger partial charge on any atom is 0.345 e. The molecule has 0 saturated carbocycles. The van der Waals surface area contributed by atoms with Gasteiger partial charge in [-0.15, -0.1) is 11.3 Å². The minimum absolute atomic E-state index is 0.285. The van der Waals surface area contributed by atoms with Crippen molar-refractivity contribution in [3.63, 3.8) is 0 Å². The molecule has 0 radical (unpaired) electrons. The monoisotopic (exact) mass is 286 g/mol. The van der Waals surface area contributed by atoms with Crippen molar-refractivity contribution in [1.82, 2.24) is 0 Å². The Labute approximate surface area is 112 Å². The third kappa shape index (κ3) is 2.46. The zero-order chi connectivity index (χ0) is 12.6. The van der Waals surface area contributed by atoms with Gasteiger partial charge in [-0.3, -0.25) is 0 Å². The molecule has 0 atom stereocenters. The fraction of sp³-hybridized carbons (Fsp3) is 0.0833. The summed E-state index contributed by atoms with van der Waals surface area (Å²) in [6.45, 7) is 1.87. The summed E-state index contributed by atoms with van der Waals surface area (Å²) >= 11 is 13.3. The minimum atomic E-state index is -0.935. The highest BCUT2D eigenvalue weighted by Crippen LogP contribution is 2.36. The Morgan fingerprint density at radius 3 is 2.53 bits per heavy atom. The number of aromatic carboxylic acids is 1. The molecule has 88 valence electrons. The molecule has 2 nitrogen and oxygen atoms in total. The van der Waals surface area contributed by atoms with Gasteiger partial charge in [0, 0.05) is 20.5 Å². The Kier molecular flexibility index (Phi) is 3.43. The molecule has 1 heterocycles. The highest BCUT2D eigenvalue weighted by molar-refractivity contribution is 7.17. The number of carboxylic acids is 1. The first kappa shape index (κ1) is 12.4. The Balaban J connectivity index is 2.52. The van der Waals surface area contributed by atoms with Crippen LogP contribution in [-0.2, 0) is 0 Å². The molecule has 0 saturated heterocycles. The second kappa shape index (κ2) is 4.69. The molecule has 17 heavy (non-hydrogen) atoms. The molecule has 0 aliphatic heterocycles. The highest BCUT2D eigenvalue weighted by atomic mass is 35.5. The van der Waals surface area contributed by atoms with Crippen LogP contribution < -0.4 is 0 Å². The third-order valence-electron chi connectivity index (χ3n) is 2.33. The van der Waals surface area contributed by atoms with Crippen molar-refractivity contribution in [2.45, 2.75) is 6.92 Å². The molecular formula is C12H8Cl2O2S. The van der Waals surface area contributed by atoms with E-state index < -0.39 is 5.97 Å². The van der Waals surface area contributed by atoms with Crippen LogP contribution in [0.5, 0.6) is 0 Å². The average molecular weight is 287 g/mol. The molecule has 1 aromatic carbocycles. The third-order valence-corrected chi connectivity index (χ3v) is 4.16. The number of hydrogen-bond acceptors (Lipinski definition) is 2. The quantitative estimate of drug-likeness (QED) is 0.867.